The number of hydrogen-bond donors (Lipinski definition) is 1. The van der Waals surface area contributed by atoms with Crippen molar-refractivity contribution < 1.29 is 19.4 Å². The number of methoxy groups -OCH3 is 1. The highest BCUT2D eigenvalue weighted by Gasteiger charge is 2.18. The molecular weight excluding hydrogens is 380 g/mol. The predicted octanol–water partition coefficient (Wildman–Crippen LogP) is 2.32. The third-order valence-corrected chi connectivity index (χ3v) is 5.27. The van der Waals surface area contributed by atoms with Crippen LogP contribution in [0.25, 0.3) is 22.1 Å². The van der Waals surface area contributed by atoms with Crippen molar-refractivity contribution in [3.8, 4) is 11.5 Å². The molecule has 1 N–H and O–H groups in total. The van der Waals surface area contributed by atoms with Crippen LogP contribution < -0.4 is 19.6 Å². The minimum atomic E-state index is -1.09. The van der Waals surface area contributed by atoms with E-state index in [9.17, 15) is 9.59 Å². The number of ether oxygens (including phenoxy) is 2. The van der Waals surface area contributed by atoms with Gasteiger partial charge in [-0.05, 0) is 31.2 Å². The second kappa shape index (κ2) is 6.97. The van der Waals surface area contributed by atoms with Crippen LogP contribution in [0.4, 0.5) is 0 Å². The molecule has 0 aliphatic heterocycles. The first-order chi connectivity index (χ1) is 13.5. The smallest absolute Gasteiger partial charge is 0.344 e. The maximum atomic E-state index is 12.9. The van der Waals surface area contributed by atoms with Crippen LogP contribution in [-0.4, -0.2) is 33.7 Å². The summed E-state index contributed by atoms with van der Waals surface area (Å²) in [6, 6.07) is 12.6. The Labute approximate surface area is 163 Å². The van der Waals surface area contributed by atoms with Gasteiger partial charge in [-0.2, -0.15) is 0 Å². The minimum Gasteiger partial charge on any atom is -0.493 e. The molecule has 8 heteroatoms. The molecule has 2 aromatic heterocycles. The lowest BCUT2D eigenvalue weighted by Gasteiger charge is -2.15. The van der Waals surface area contributed by atoms with E-state index in [2.05, 4.69) is 4.98 Å². The molecule has 0 bridgehead atoms. The molecule has 1 atom stereocenters. The summed E-state index contributed by atoms with van der Waals surface area (Å²) in [7, 11) is 1.47. The Morgan fingerprint density at radius 1 is 1.25 bits per heavy atom. The average molecular weight is 396 g/mol. The van der Waals surface area contributed by atoms with Gasteiger partial charge in [-0.15, -0.1) is 0 Å². The molecule has 4 aromatic rings. The van der Waals surface area contributed by atoms with E-state index >= 15 is 0 Å². The first-order valence-corrected chi connectivity index (χ1v) is 9.29. The van der Waals surface area contributed by atoms with E-state index < -0.39 is 12.1 Å². The highest BCUT2D eigenvalue weighted by atomic mass is 32.1. The SMILES string of the molecule is COc1cccc(/C=c2\sc3nc4ccccc4n3c2=O)c1OC(C)C(=O)O. The van der Waals surface area contributed by atoms with Crippen LogP contribution in [0.5, 0.6) is 11.5 Å². The molecule has 4 rings (SSSR count). The Hall–Kier alpha value is -3.39. The number of carbonyl (C=O) groups is 1. The first-order valence-electron chi connectivity index (χ1n) is 8.48. The molecular formula is C20H16N2O5S. The number of hydrogen-bond acceptors (Lipinski definition) is 6. The molecule has 0 amide bonds. The fourth-order valence-electron chi connectivity index (χ4n) is 2.91. The van der Waals surface area contributed by atoms with Crippen LogP contribution in [0.3, 0.4) is 0 Å². The summed E-state index contributed by atoms with van der Waals surface area (Å²) in [6.45, 7) is 1.43. The first kappa shape index (κ1) is 18.0. The highest BCUT2D eigenvalue weighted by molar-refractivity contribution is 7.15. The molecule has 1 unspecified atom stereocenters. The summed E-state index contributed by atoms with van der Waals surface area (Å²) in [5.41, 5.74) is 1.88. The van der Waals surface area contributed by atoms with E-state index in [1.54, 1.807) is 28.7 Å². The zero-order chi connectivity index (χ0) is 19.8. The quantitative estimate of drug-likeness (QED) is 0.557. The number of carboxylic acid groups (broad SMARTS) is 1. The number of imidazole rings is 1. The number of carboxylic acids is 1. The van der Waals surface area contributed by atoms with Gasteiger partial charge in [-0.25, -0.2) is 14.2 Å². The zero-order valence-corrected chi connectivity index (χ0v) is 15.9. The number of rotatable bonds is 5. The summed E-state index contributed by atoms with van der Waals surface area (Å²) < 4.78 is 12.9. The zero-order valence-electron chi connectivity index (χ0n) is 15.1. The summed E-state index contributed by atoms with van der Waals surface area (Å²) >= 11 is 1.26. The Kier molecular flexibility index (Phi) is 4.48. The Bertz CT molecular complexity index is 1310. The van der Waals surface area contributed by atoms with Gasteiger partial charge < -0.3 is 14.6 Å². The maximum absolute atomic E-state index is 12.9. The number of aliphatic carboxylic acids is 1. The van der Waals surface area contributed by atoms with Crippen molar-refractivity contribution in [1.29, 1.82) is 0 Å². The van der Waals surface area contributed by atoms with Crippen LogP contribution in [0, 0.1) is 0 Å². The topological polar surface area (TPSA) is 90.1 Å². The van der Waals surface area contributed by atoms with Crippen molar-refractivity contribution in [2.24, 2.45) is 0 Å². The molecule has 0 radical (unpaired) electrons. The number of nitrogens with zero attached hydrogens (tertiary/aromatic N) is 2. The van der Waals surface area contributed by atoms with Crippen LogP contribution in [0.15, 0.2) is 47.3 Å². The average Bonchev–Trinajstić information content (AvgIpc) is 3.19. The molecule has 0 aliphatic carbocycles. The lowest BCUT2D eigenvalue weighted by Crippen LogP contribution is -2.24. The van der Waals surface area contributed by atoms with Crippen LogP contribution in [-0.2, 0) is 4.79 Å². The number of benzene rings is 2. The number of para-hydroxylation sites is 3. The summed E-state index contributed by atoms with van der Waals surface area (Å²) in [5.74, 6) is -0.432. The van der Waals surface area contributed by atoms with Gasteiger partial charge in [0.25, 0.3) is 5.56 Å². The van der Waals surface area contributed by atoms with E-state index in [1.807, 2.05) is 24.3 Å². The molecule has 2 heterocycles. The Balaban J connectivity index is 1.90. The third kappa shape index (κ3) is 2.97. The predicted molar refractivity (Wildman–Crippen MR) is 106 cm³/mol. The van der Waals surface area contributed by atoms with Crippen molar-refractivity contribution in [1.82, 2.24) is 9.38 Å². The fraction of sp³-hybridized carbons (Fsp3) is 0.150. The van der Waals surface area contributed by atoms with Crippen LogP contribution in [0.1, 0.15) is 12.5 Å². The summed E-state index contributed by atoms with van der Waals surface area (Å²) in [5, 5.41) is 9.16. The van der Waals surface area contributed by atoms with Gasteiger partial charge in [-0.3, -0.25) is 4.79 Å². The van der Waals surface area contributed by atoms with E-state index in [4.69, 9.17) is 14.6 Å². The molecule has 2 aromatic carbocycles. The largest absolute Gasteiger partial charge is 0.493 e. The summed E-state index contributed by atoms with van der Waals surface area (Å²) in [6.07, 6.45) is 0.600. The second-order valence-corrected chi connectivity index (χ2v) is 7.12. The van der Waals surface area contributed by atoms with Crippen LogP contribution >= 0.6 is 11.3 Å². The maximum Gasteiger partial charge on any atom is 0.344 e. The highest BCUT2D eigenvalue weighted by Crippen LogP contribution is 2.32. The Morgan fingerprint density at radius 3 is 2.79 bits per heavy atom. The van der Waals surface area contributed by atoms with Gasteiger partial charge in [-0.1, -0.05) is 35.6 Å². The second-order valence-electron chi connectivity index (χ2n) is 6.11. The van der Waals surface area contributed by atoms with Crippen molar-refractivity contribution >= 4 is 39.4 Å². The minimum absolute atomic E-state index is 0.186. The molecule has 0 spiro atoms. The van der Waals surface area contributed by atoms with Crippen molar-refractivity contribution in [3.05, 3.63) is 62.9 Å². The van der Waals surface area contributed by atoms with Crippen molar-refractivity contribution in [2.75, 3.05) is 7.11 Å². The standard InChI is InChI=1S/C20H16N2O5S/c1-11(19(24)25)27-17-12(6-5-9-15(17)26-2)10-16-18(23)22-14-8-4-3-7-13(14)21-20(22)28-16/h3-11H,1-2H3,(H,24,25)/b16-10-. The van der Waals surface area contributed by atoms with E-state index in [-0.39, 0.29) is 11.3 Å². The van der Waals surface area contributed by atoms with Crippen LogP contribution in [0.2, 0.25) is 0 Å². The normalized spacial score (nSPS) is 13.1. The molecule has 0 saturated carbocycles. The molecule has 0 fully saturated rings. The van der Waals surface area contributed by atoms with E-state index in [0.717, 1.165) is 11.0 Å². The number of aromatic nitrogens is 2. The van der Waals surface area contributed by atoms with Gasteiger partial charge in [0.2, 0.25) is 0 Å². The number of fused-ring (bicyclic) bond motifs is 3. The van der Waals surface area contributed by atoms with Gasteiger partial charge in [0.05, 0.1) is 22.7 Å². The van der Waals surface area contributed by atoms with E-state index in [0.29, 0.717) is 20.8 Å². The lowest BCUT2D eigenvalue weighted by molar-refractivity contribution is -0.144. The monoisotopic (exact) mass is 396 g/mol. The molecule has 7 nitrogen and oxygen atoms in total. The summed E-state index contributed by atoms with van der Waals surface area (Å²) in [4.78, 5) is 29.2. The molecule has 142 valence electrons. The van der Waals surface area contributed by atoms with Gasteiger partial charge in [0, 0.05) is 5.56 Å². The third-order valence-electron chi connectivity index (χ3n) is 4.30. The lowest BCUT2D eigenvalue weighted by atomic mass is 10.1. The van der Waals surface area contributed by atoms with Gasteiger partial charge >= 0.3 is 5.97 Å². The van der Waals surface area contributed by atoms with E-state index in [1.165, 1.54) is 25.4 Å². The van der Waals surface area contributed by atoms with Crippen molar-refractivity contribution in [3.63, 3.8) is 0 Å². The fourth-order valence-corrected chi connectivity index (χ4v) is 3.89. The van der Waals surface area contributed by atoms with Gasteiger partial charge in [0.1, 0.15) is 0 Å². The van der Waals surface area contributed by atoms with Crippen molar-refractivity contribution in [2.45, 2.75) is 13.0 Å². The molecule has 0 aliphatic rings. The van der Waals surface area contributed by atoms with Gasteiger partial charge in [0.15, 0.2) is 22.6 Å². The molecule has 28 heavy (non-hydrogen) atoms. The number of thiazole rings is 1. The molecule has 0 saturated heterocycles. The Morgan fingerprint density at radius 2 is 2.04 bits per heavy atom.